The Kier molecular flexibility index (Phi) is 4.97. The first kappa shape index (κ1) is 16.2. The first-order valence-corrected chi connectivity index (χ1v) is 9.49. The van der Waals surface area contributed by atoms with Crippen molar-refractivity contribution in [1.82, 2.24) is 0 Å². The summed E-state index contributed by atoms with van der Waals surface area (Å²) in [5.41, 5.74) is 1.17. The van der Waals surface area contributed by atoms with Crippen molar-refractivity contribution in [3.63, 3.8) is 0 Å². The molecule has 0 N–H and O–H groups in total. The van der Waals surface area contributed by atoms with Gasteiger partial charge in [0.2, 0.25) is 0 Å². The number of nitrogens with zero attached hydrogens (tertiary/aromatic N) is 1. The minimum atomic E-state index is -0.128. The number of hydrogen-bond acceptors (Lipinski definition) is 3. The molecule has 24 heavy (non-hydrogen) atoms. The van der Waals surface area contributed by atoms with Gasteiger partial charge in [0.25, 0.3) is 0 Å². The molecule has 5 unspecified atom stereocenters. The lowest BCUT2D eigenvalue weighted by atomic mass is 9.92. The van der Waals surface area contributed by atoms with Gasteiger partial charge in [-0.05, 0) is 37.0 Å². The molecule has 1 aromatic carbocycles. The predicted molar refractivity (Wildman–Crippen MR) is 99.1 cm³/mol. The summed E-state index contributed by atoms with van der Waals surface area (Å²) >= 11 is 3.68. The van der Waals surface area contributed by atoms with E-state index in [1.807, 2.05) is 18.4 Å². The Morgan fingerprint density at radius 2 is 2.04 bits per heavy atom. The van der Waals surface area contributed by atoms with Gasteiger partial charge in [0.05, 0.1) is 6.10 Å². The molecule has 0 aromatic heterocycles. The summed E-state index contributed by atoms with van der Waals surface area (Å²) in [7, 11) is 0. The second-order valence-corrected chi connectivity index (χ2v) is 7.51. The fourth-order valence-electron chi connectivity index (χ4n) is 3.76. The number of dihydropyridines is 1. The van der Waals surface area contributed by atoms with Gasteiger partial charge in [-0.2, -0.15) is 0 Å². The van der Waals surface area contributed by atoms with Crippen LogP contribution in [-0.2, 0) is 9.47 Å². The van der Waals surface area contributed by atoms with Gasteiger partial charge in [-0.25, -0.2) is 0 Å². The molecule has 0 saturated carbocycles. The number of ether oxygens (including phenoxy) is 2. The highest BCUT2D eigenvalue weighted by Crippen LogP contribution is 2.43. The van der Waals surface area contributed by atoms with E-state index < -0.39 is 0 Å². The molecule has 3 aliphatic rings. The Bertz CT molecular complexity index is 669. The second-order valence-electron chi connectivity index (χ2n) is 6.65. The number of allylic oxidation sites excluding steroid dienone is 3. The molecule has 1 aromatic rings. The summed E-state index contributed by atoms with van der Waals surface area (Å²) in [5.74, 6) is 0.706. The smallest absolute Gasteiger partial charge is 0.162 e. The van der Waals surface area contributed by atoms with Crippen molar-refractivity contribution in [3.05, 3.63) is 58.6 Å². The first-order chi connectivity index (χ1) is 11.8. The van der Waals surface area contributed by atoms with E-state index in [1.165, 1.54) is 5.56 Å². The van der Waals surface area contributed by atoms with Crippen LogP contribution < -0.4 is 0 Å². The average molecular weight is 388 g/mol. The largest absolute Gasteiger partial charge is 0.345 e. The van der Waals surface area contributed by atoms with Crippen LogP contribution in [0.2, 0.25) is 0 Å². The van der Waals surface area contributed by atoms with E-state index in [0.29, 0.717) is 5.92 Å². The Labute approximate surface area is 151 Å². The molecule has 0 spiro atoms. The van der Waals surface area contributed by atoms with Crippen LogP contribution in [0.5, 0.6) is 0 Å². The van der Waals surface area contributed by atoms with Crippen LogP contribution >= 0.6 is 15.9 Å². The molecule has 0 bridgehead atoms. The minimum Gasteiger partial charge on any atom is -0.345 e. The summed E-state index contributed by atoms with van der Waals surface area (Å²) < 4.78 is 14.0. The molecule has 1 saturated heterocycles. The maximum atomic E-state index is 6.46. The molecule has 2 heterocycles. The molecule has 4 heteroatoms. The van der Waals surface area contributed by atoms with Crippen molar-refractivity contribution >= 4 is 22.1 Å². The van der Waals surface area contributed by atoms with Crippen molar-refractivity contribution < 1.29 is 9.47 Å². The maximum absolute atomic E-state index is 6.46. The van der Waals surface area contributed by atoms with Crippen molar-refractivity contribution in [2.45, 2.75) is 37.8 Å². The summed E-state index contributed by atoms with van der Waals surface area (Å²) in [4.78, 5) is 4.42. The Balaban J connectivity index is 1.60. The fraction of sp³-hybridized carbons (Fsp3) is 0.450. The summed E-state index contributed by atoms with van der Waals surface area (Å²) in [6.07, 6.45) is 13.7. The number of rotatable bonds is 3. The third kappa shape index (κ3) is 3.28. The lowest BCUT2D eigenvalue weighted by molar-refractivity contribution is -0.109. The number of aliphatic imine (C=N–C) groups is 1. The molecule has 2 aliphatic heterocycles. The summed E-state index contributed by atoms with van der Waals surface area (Å²) in [6.45, 7) is 0.767. The van der Waals surface area contributed by atoms with Gasteiger partial charge >= 0.3 is 0 Å². The fourth-order valence-corrected chi connectivity index (χ4v) is 4.27. The molecule has 4 rings (SSSR count). The van der Waals surface area contributed by atoms with E-state index in [-0.39, 0.29) is 24.4 Å². The highest BCUT2D eigenvalue weighted by molar-refractivity contribution is 9.10. The summed E-state index contributed by atoms with van der Waals surface area (Å²) in [6, 6.07) is 8.30. The predicted octanol–water partition coefficient (Wildman–Crippen LogP) is 4.84. The lowest BCUT2D eigenvalue weighted by Crippen LogP contribution is -2.29. The van der Waals surface area contributed by atoms with Gasteiger partial charge in [-0.1, -0.05) is 52.4 Å². The van der Waals surface area contributed by atoms with Crippen LogP contribution in [0.4, 0.5) is 0 Å². The third-order valence-corrected chi connectivity index (χ3v) is 5.79. The van der Waals surface area contributed by atoms with Gasteiger partial charge in [-0.15, -0.1) is 0 Å². The van der Waals surface area contributed by atoms with Crippen LogP contribution in [0.15, 0.2) is 58.0 Å². The molecule has 126 valence electrons. The van der Waals surface area contributed by atoms with Gasteiger partial charge in [-0.3, -0.25) is 4.99 Å². The zero-order valence-corrected chi connectivity index (χ0v) is 15.1. The third-order valence-electron chi connectivity index (χ3n) is 5.06. The number of benzene rings is 1. The van der Waals surface area contributed by atoms with E-state index in [2.05, 4.69) is 57.3 Å². The monoisotopic (exact) mass is 387 g/mol. The quantitative estimate of drug-likeness (QED) is 0.694. The minimum absolute atomic E-state index is 0.00769. The maximum Gasteiger partial charge on any atom is 0.162 e. The van der Waals surface area contributed by atoms with E-state index in [1.54, 1.807) is 0 Å². The highest BCUT2D eigenvalue weighted by Gasteiger charge is 2.44. The van der Waals surface area contributed by atoms with Crippen LogP contribution in [0.3, 0.4) is 0 Å². The highest BCUT2D eigenvalue weighted by atomic mass is 79.9. The molecular weight excluding hydrogens is 366 g/mol. The number of halogens is 1. The second kappa shape index (κ2) is 7.34. The van der Waals surface area contributed by atoms with Crippen molar-refractivity contribution in [3.8, 4) is 0 Å². The molecule has 0 amide bonds. The molecular formula is C20H22BrNO2. The van der Waals surface area contributed by atoms with Crippen molar-refractivity contribution in [1.29, 1.82) is 0 Å². The molecule has 3 nitrogen and oxygen atoms in total. The zero-order valence-electron chi connectivity index (χ0n) is 13.6. The standard InChI is InChI=1S/C20H22BrNO2/c21-17-11-5-4-10-16(17)19-18(15-9-6-12-22-13-15)23-20(24-19)14-7-2-1-3-8-14/h1-2,4-6,9-12,14-15,18-20H,3,7-8,13H2. The SMILES string of the molecule is Brc1ccccc1C1OC(C2CC=CCC2)OC1C1C=CC=NC1. The van der Waals surface area contributed by atoms with Gasteiger partial charge in [0, 0.05) is 29.1 Å². The van der Waals surface area contributed by atoms with E-state index >= 15 is 0 Å². The van der Waals surface area contributed by atoms with Gasteiger partial charge in [0.15, 0.2) is 6.29 Å². The zero-order chi connectivity index (χ0) is 16.4. The van der Waals surface area contributed by atoms with Crippen LogP contribution in [-0.4, -0.2) is 25.2 Å². The Morgan fingerprint density at radius 3 is 2.79 bits per heavy atom. The average Bonchev–Trinajstić information content (AvgIpc) is 3.09. The Morgan fingerprint density at radius 1 is 1.12 bits per heavy atom. The van der Waals surface area contributed by atoms with E-state index in [0.717, 1.165) is 30.3 Å². The number of hydrogen-bond donors (Lipinski definition) is 0. The molecule has 5 atom stereocenters. The summed E-state index contributed by atoms with van der Waals surface area (Å²) in [5, 5.41) is 0. The van der Waals surface area contributed by atoms with Crippen molar-refractivity contribution in [2.75, 3.05) is 6.54 Å². The Hall–Kier alpha value is -1.23. The van der Waals surface area contributed by atoms with Crippen LogP contribution in [0.25, 0.3) is 0 Å². The van der Waals surface area contributed by atoms with Gasteiger partial charge in [0.1, 0.15) is 6.10 Å². The molecule has 0 radical (unpaired) electrons. The van der Waals surface area contributed by atoms with Gasteiger partial charge < -0.3 is 9.47 Å². The van der Waals surface area contributed by atoms with Crippen molar-refractivity contribution in [2.24, 2.45) is 16.8 Å². The van der Waals surface area contributed by atoms with E-state index in [4.69, 9.17) is 9.47 Å². The van der Waals surface area contributed by atoms with E-state index in [9.17, 15) is 0 Å². The van der Waals surface area contributed by atoms with Crippen LogP contribution in [0.1, 0.15) is 30.9 Å². The first-order valence-electron chi connectivity index (χ1n) is 8.70. The normalized spacial score (nSPS) is 35.5. The molecule has 1 aliphatic carbocycles. The lowest BCUT2D eigenvalue weighted by Gasteiger charge is -2.25. The molecule has 1 fully saturated rings. The van der Waals surface area contributed by atoms with Crippen LogP contribution in [0, 0.1) is 11.8 Å². The topological polar surface area (TPSA) is 30.8 Å².